The van der Waals surface area contributed by atoms with Gasteiger partial charge in [-0.3, -0.25) is 4.90 Å². The Morgan fingerprint density at radius 1 is 1.17 bits per heavy atom. The molecule has 2 saturated heterocycles. The Bertz CT molecular complexity index is 532. The first-order valence-corrected chi connectivity index (χ1v) is 7.49. The van der Waals surface area contributed by atoms with Crippen LogP contribution in [0, 0.1) is 0 Å². The van der Waals surface area contributed by atoms with Gasteiger partial charge in [0.15, 0.2) is 0 Å². The molecule has 1 aromatic carbocycles. The normalized spacial score (nSPS) is 31.9. The van der Waals surface area contributed by atoms with Crippen LogP contribution in [-0.4, -0.2) is 61.1 Å². The van der Waals surface area contributed by atoms with Gasteiger partial charge >= 0.3 is 0 Å². The van der Waals surface area contributed by atoms with Gasteiger partial charge in [-0.05, 0) is 12.1 Å². The lowest BCUT2D eigenvalue weighted by Gasteiger charge is -2.31. The van der Waals surface area contributed by atoms with Crippen molar-refractivity contribution >= 4 is 10.0 Å². The molecule has 1 aromatic rings. The van der Waals surface area contributed by atoms with Crippen molar-refractivity contribution in [2.24, 2.45) is 0 Å². The van der Waals surface area contributed by atoms with Crippen LogP contribution in [0.5, 0.6) is 0 Å². The van der Waals surface area contributed by atoms with Crippen LogP contribution in [0.1, 0.15) is 0 Å². The fraction of sp³-hybridized carbons (Fsp3) is 0.500. The molecule has 2 fully saturated rings. The summed E-state index contributed by atoms with van der Waals surface area (Å²) >= 11 is 0. The highest BCUT2D eigenvalue weighted by Gasteiger charge is 2.48. The second-order valence-corrected chi connectivity index (χ2v) is 6.76. The fourth-order valence-corrected chi connectivity index (χ4v) is 4.09. The maximum Gasteiger partial charge on any atom is 0.243 e. The van der Waals surface area contributed by atoms with E-state index in [1.165, 1.54) is 4.31 Å². The van der Waals surface area contributed by atoms with E-state index in [9.17, 15) is 13.5 Å². The quantitative estimate of drug-likeness (QED) is 0.767. The summed E-state index contributed by atoms with van der Waals surface area (Å²) in [6, 6.07) is 8.71. The Hall–Kier alpha value is -0.950. The fourth-order valence-electron chi connectivity index (χ4n) is 2.56. The molecule has 2 aliphatic heterocycles. The van der Waals surface area contributed by atoms with Gasteiger partial charge in [0.05, 0.1) is 11.5 Å². The Kier molecular flexibility index (Phi) is 2.90. The Labute approximate surface area is 107 Å². The Morgan fingerprint density at radius 2 is 1.89 bits per heavy atom. The average molecular weight is 268 g/mol. The van der Waals surface area contributed by atoms with Crippen molar-refractivity contribution in [3.8, 4) is 0 Å². The molecule has 3 atom stereocenters. The molecule has 0 amide bonds. The SMILES string of the molecule is O=S(=O)(c1ccccc1)N1CC(CO)N2CC2C1. The van der Waals surface area contributed by atoms with Crippen LogP contribution in [0.4, 0.5) is 0 Å². The lowest BCUT2D eigenvalue weighted by molar-refractivity contribution is 0.149. The standard InChI is InChI=1S/C12H16N2O3S/c15-9-11-7-13(6-10-8-14(10)11)18(16,17)12-4-2-1-3-5-12/h1-5,10-11,15H,6-9H2. The zero-order valence-corrected chi connectivity index (χ0v) is 10.8. The monoisotopic (exact) mass is 268 g/mol. The Morgan fingerprint density at radius 3 is 2.56 bits per heavy atom. The van der Waals surface area contributed by atoms with Crippen molar-refractivity contribution in [2.75, 3.05) is 26.2 Å². The van der Waals surface area contributed by atoms with Crippen LogP contribution in [0.2, 0.25) is 0 Å². The van der Waals surface area contributed by atoms with Gasteiger partial charge in [-0.15, -0.1) is 0 Å². The van der Waals surface area contributed by atoms with Gasteiger partial charge in [0, 0.05) is 31.7 Å². The number of rotatable bonds is 3. The van der Waals surface area contributed by atoms with E-state index in [4.69, 9.17) is 0 Å². The van der Waals surface area contributed by atoms with Gasteiger partial charge in [0.2, 0.25) is 10.0 Å². The lowest BCUT2D eigenvalue weighted by atomic mass is 10.2. The molecule has 6 heteroatoms. The molecule has 0 aliphatic carbocycles. The number of piperazine rings is 1. The molecule has 0 saturated carbocycles. The summed E-state index contributed by atoms with van der Waals surface area (Å²) in [7, 11) is -3.42. The molecular formula is C12H16N2O3S. The molecule has 5 nitrogen and oxygen atoms in total. The van der Waals surface area contributed by atoms with Crippen molar-refractivity contribution in [3.05, 3.63) is 30.3 Å². The number of hydrogen-bond donors (Lipinski definition) is 1. The van der Waals surface area contributed by atoms with Crippen molar-refractivity contribution in [1.82, 2.24) is 9.21 Å². The first kappa shape index (κ1) is 12.1. The summed E-state index contributed by atoms with van der Waals surface area (Å²) in [5.41, 5.74) is 0. The third kappa shape index (κ3) is 1.95. The predicted octanol–water partition coefficient (Wildman–Crippen LogP) is -0.264. The topological polar surface area (TPSA) is 60.6 Å². The van der Waals surface area contributed by atoms with Crippen molar-refractivity contribution in [3.63, 3.8) is 0 Å². The van der Waals surface area contributed by atoms with E-state index in [-0.39, 0.29) is 18.7 Å². The molecule has 0 radical (unpaired) electrons. The average Bonchev–Trinajstić information content (AvgIpc) is 3.17. The van der Waals surface area contributed by atoms with E-state index in [1.54, 1.807) is 30.3 Å². The van der Waals surface area contributed by atoms with Crippen LogP contribution in [-0.2, 0) is 10.0 Å². The lowest BCUT2D eigenvalue weighted by Crippen LogP contribution is -2.48. The van der Waals surface area contributed by atoms with Gasteiger partial charge in [-0.2, -0.15) is 4.31 Å². The van der Waals surface area contributed by atoms with E-state index in [1.807, 2.05) is 0 Å². The van der Waals surface area contributed by atoms with Crippen LogP contribution in [0.15, 0.2) is 35.2 Å². The third-order valence-corrected chi connectivity index (χ3v) is 5.49. The largest absolute Gasteiger partial charge is 0.395 e. The summed E-state index contributed by atoms with van der Waals surface area (Å²) in [6.45, 7) is 1.82. The Balaban J connectivity index is 1.86. The molecule has 0 spiro atoms. The molecule has 3 rings (SSSR count). The molecule has 3 unspecified atom stereocenters. The van der Waals surface area contributed by atoms with E-state index in [2.05, 4.69) is 4.90 Å². The first-order chi connectivity index (χ1) is 8.63. The van der Waals surface area contributed by atoms with Gasteiger partial charge < -0.3 is 5.11 Å². The number of hydrogen-bond acceptors (Lipinski definition) is 4. The number of benzene rings is 1. The first-order valence-electron chi connectivity index (χ1n) is 6.05. The van der Waals surface area contributed by atoms with Crippen LogP contribution in [0.3, 0.4) is 0 Å². The molecule has 2 aliphatic rings. The number of nitrogens with zero attached hydrogens (tertiary/aromatic N) is 2. The van der Waals surface area contributed by atoms with Crippen LogP contribution in [0.25, 0.3) is 0 Å². The molecule has 0 bridgehead atoms. The minimum Gasteiger partial charge on any atom is -0.395 e. The third-order valence-electron chi connectivity index (χ3n) is 3.65. The molecule has 98 valence electrons. The summed E-state index contributed by atoms with van der Waals surface area (Å²) in [5, 5.41) is 9.28. The smallest absolute Gasteiger partial charge is 0.243 e. The maximum absolute atomic E-state index is 12.4. The van der Waals surface area contributed by atoms with Gasteiger partial charge in [-0.25, -0.2) is 8.42 Å². The van der Waals surface area contributed by atoms with Crippen LogP contribution >= 0.6 is 0 Å². The highest BCUT2D eigenvalue weighted by molar-refractivity contribution is 7.89. The van der Waals surface area contributed by atoms with Gasteiger partial charge in [0.1, 0.15) is 0 Å². The highest BCUT2D eigenvalue weighted by Crippen LogP contribution is 2.30. The summed E-state index contributed by atoms with van der Waals surface area (Å²) < 4.78 is 26.4. The summed E-state index contributed by atoms with van der Waals surface area (Å²) in [5.74, 6) is 0. The van der Waals surface area contributed by atoms with Crippen molar-refractivity contribution < 1.29 is 13.5 Å². The van der Waals surface area contributed by atoms with E-state index in [0.717, 1.165) is 6.54 Å². The number of aliphatic hydroxyl groups excluding tert-OH is 1. The van der Waals surface area contributed by atoms with Crippen LogP contribution < -0.4 is 0 Å². The molecule has 2 heterocycles. The number of fused-ring (bicyclic) bond motifs is 1. The zero-order valence-electron chi connectivity index (χ0n) is 9.94. The zero-order chi connectivity index (χ0) is 12.8. The second-order valence-electron chi connectivity index (χ2n) is 4.82. The molecule has 18 heavy (non-hydrogen) atoms. The van der Waals surface area contributed by atoms with Crippen molar-refractivity contribution in [2.45, 2.75) is 17.0 Å². The minimum absolute atomic E-state index is 0.0112. The summed E-state index contributed by atoms with van der Waals surface area (Å²) in [6.07, 6.45) is 0. The van der Waals surface area contributed by atoms with Crippen molar-refractivity contribution in [1.29, 1.82) is 0 Å². The van der Waals surface area contributed by atoms with E-state index >= 15 is 0 Å². The number of aliphatic hydroxyl groups is 1. The van der Waals surface area contributed by atoms with Gasteiger partial charge in [0.25, 0.3) is 0 Å². The molecular weight excluding hydrogens is 252 g/mol. The molecule has 1 N–H and O–H groups in total. The molecule has 0 aromatic heterocycles. The van der Waals surface area contributed by atoms with E-state index in [0.29, 0.717) is 18.0 Å². The van der Waals surface area contributed by atoms with E-state index < -0.39 is 10.0 Å². The van der Waals surface area contributed by atoms with Gasteiger partial charge in [-0.1, -0.05) is 18.2 Å². The second kappa shape index (κ2) is 4.31. The maximum atomic E-state index is 12.4. The minimum atomic E-state index is -3.42. The summed E-state index contributed by atoms with van der Waals surface area (Å²) in [4.78, 5) is 2.48. The predicted molar refractivity (Wildman–Crippen MR) is 66.6 cm³/mol. The highest BCUT2D eigenvalue weighted by atomic mass is 32.2. The number of sulfonamides is 1.